The summed E-state index contributed by atoms with van der Waals surface area (Å²) in [5.74, 6) is 0. The van der Waals surface area contributed by atoms with Gasteiger partial charge in [-0.25, -0.2) is 0 Å². The van der Waals surface area contributed by atoms with Crippen LogP contribution in [0.2, 0.25) is 0 Å². The highest BCUT2D eigenvalue weighted by Gasteiger charge is 2.35. The predicted molar refractivity (Wildman–Crippen MR) is 67.0 cm³/mol. The van der Waals surface area contributed by atoms with Crippen LogP contribution < -0.4 is 10.6 Å². The van der Waals surface area contributed by atoms with Gasteiger partial charge in [0.05, 0.1) is 18.3 Å². The Kier molecular flexibility index (Phi) is 4.01. The topological polar surface area (TPSA) is 38.5 Å². The van der Waals surface area contributed by atoms with Crippen LogP contribution in [0.4, 0.5) is 18.9 Å². The second-order valence-corrected chi connectivity index (χ2v) is 4.68. The van der Waals surface area contributed by atoms with Gasteiger partial charge in [-0.1, -0.05) is 6.07 Å². The number of nitrogens with two attached hydrogens (primary N) is 1. The number of hydrogen-bond donors (Lipinski definition) is 1. The first-order valence-corrected chi connectivity index (χ1v) is 6.18. The van der Waals surface area contributed by atoms with Gasteiger partial charge in [0.1, 0.15) is 0 Å². The van der Waals surface area contributed by atoms with Crippen molar-refractivity contribution < 1.29 is 17.9 Å². The van der Waals surface area contributed by atoms with Gasteiger partial charge in [0.15, 0.2) is 0 Å². The molecule has 1 aromatic rings. The zero-order valence-corrected chi connectivity index (χ0v) is 10.7. The van der Waals surface area contributed by atoms with E-state index < -0.39 is 11.7 Å². The molecule has 6 heteroatoms. The Hall–Kier alpha value is -1.27. The Morgan fingerprint density at radius 1 is 1.42 bits per heavy atom. The van der Waals surface area contributed by atoms with Gasteiger partial charge in [-0.05, 0) is 24.6 Å². The lowest BCUT2D eigenvalue weighted by atomic mass is 10.1. The summed E-state index contributed by atoms with van der Waals surface area (Å²) in [4.78, 5) is 1.72. The van der Waals surface area contributed by atoms with E-state index in [1.54, 1.807) is 11.0 Å². The molecule has 0 aliphatic carbocycles. The van der Waals surface area contributed by atoms with Crippen molar-refractivity contribution in [1.82, 2.24) is 0 Å². The van der Waals surface area contributed by atoms with Gasteiger partial charge in [0, 0.05) is 25.3 Å². The summed E-state index contributed by atoms with van der Waals surface area (Å²) in [6, 6.07) is 4.28. The first-order valence-electron chi connectivity index (χ1n) is 6.18. The third kappa shape index (κ3) is 3.19. The fourth-order valence-corrected chi connectivity index (χ4v) is 2.25. The predicted octanol–water partition coefficient (Wildman–Crippen LogP) is 2.39. The lowest BCUT2D eigenvalue weighted by Crippen LogP contribution is -2.42. The number of hydrogen-bond acceptors (Lipinski definition) is 3. The fourth-order valence-electron chi connectivity index (χ4n) is 2.25. The maximum absolute atomic E-state index is 13.1. The summed E-state index contributed by atoms with van der Waals surface area (Å²) in [6.45, 7) is 3.33. The van der Waals surface area contributed by atoms with Crippen LogP contribution in [0.15, 0.2) is 18.2 Å². The molecule has 19 heavy (non-hydrogen) atoms. The van der Waals surface area contributed by atoms with Gasteiger partial charge < -0.3 is 15.4 Å². The SMILES string of the molecule is CC1CN(c2ccc(CN)cc2C(F)(F)F)CCO1. The second kappa shape index (κ2) is 5.38. The van der Waals surface area contributed by atoms with Crippen LogP contribution >= 0.6 is 0 Å². The van der Waals surface area contributed by atoms with Crippen LogP contribution in [-0.2, 0) is 17.5 Å². The Bertz CT molecular complexity index is 448. The first-order chi connectivity index (χ1) is 8.91. The monoisotopic (exact) mass is 274 g/mol. The van der Waals surface area contributed by atoms with Crippen LogP contribution in [0.1, 0.15) is 18.1 Å². The number of alkyl halides is 3. The molecule has 3 nitrogen and oxygen atoms in total. The van der Waals surface area contributed by atoms with Gasteiger partial charge in [-0.3, -0.25) is 0 Å². The van der Waals surface area contributed by atoms with Gasteiger partial charge in [-0.2, -0.15) is 13.2 Å². The number of halogens is 3. The highest BCUT2D eigenvalue weighted by molar-refractivity contribution is 5.56. The maximum atomic E-state index is 13.1. The quantitative estimate of drug-likeness (QED) is 0.900. The second-order valence-electron chi connectivity index (χ2n) is 4.68. The van der Waals surface area contributed by atoms with Gasteiger partial charge in [-0.15, -0.1) is 0 Å². The zero-order chi connectivity index (χ0) is 14.0. The Morgan fingerprint density at radius 2 is 2.16 bits per heavy atom. The largest absolute Gasteiger partial charge is 0.418 e. The number of nitrogens with zero attached hydrogens (tertiary/aromatic N) is 1. The highest BCUT2D eigenvalue weighted by Crippen LogP contribution is 2.37. The molecule has 2 N–H and O–H groups in total. The molecule has 0 bridgehead atoms. The third-order valence-corrected chi connectivity index (χ3v) is 3.18. The van der Waals surface area contributed by atoms with Crippen molar-refractivity contribution in [2.45, 2.75) is 25.7 Å². The molecular weight excluding hydrogens is 257 g/mol. The lowest BCUT2D eigenvalue weighted by molar-refractivity contribution is -0.137. The molecule has 1 heterocycles. The van der Waals surface area contributed by atoms with E-state index in [9.17, 15) is 13.2 Å². The van der Waals surface area contributed by atoms with Crippen molar-refractivity contribution in [2.75, 3.05) is 24.6 Å². The van der Waals surface area contributed by atoms with E-state index in [1.807, 2.05) is 6.92 Å². The summed E-state index contributed by atoms with van der Waals surface area (Å²) in [5, 5.41) is 0. The molecule has 0 aromatic heterocycles. The van der Waals surface area contributed by atoms with Crippen LogP contribution in [0.25, 0.3) is 0 Å². The van der Waals surface area contributed by atoms with E-state index in [2.05, 4.69) is 0 Å². The molecule has 1 saturated heterocycles. The molecule has 0 amide bonds. The first kappa shape index (κ1) is 14.1. The van der Waals surface area contributed by atoms with Gasteiger partial charge in [0.2, 0.25) is 0 Å². The zero-order valence-electron chi connectivity index (χ0n) is 10.7. The molecule has 0 saturated carbocycles. The van der Waals surface area contributed by atoms with Crippen molar-refractivity contribution in [3.63, 3.8) is 0 Å². The molecule has 1 fully saturated rings. The summed E-state index contributed by atoms with van der Waals surface area (Å²) in [7, 11) is 0. The van der Waals surface area contributed by atoms with Crippen molar-refractivity contribution in [1.29, 1.82) is 0 Å². The molecule has 0 radical (unpaired) electrons. The molecule has 1 aromatic carbocycles. The average Bonchev–Trinajstić information content (AvgIpc) is 2.37. The Labute approximate surface area is 110 Å². The third-order valence-electron chi connectivity index (χ3n) is 3.18. The van der Waals surface area contributed by atoms with Crippen LogP contribution in [0.5, 0.6) is 0 Å². The van der Waals surface area contributed by atoms with E-state index in [0.29, 0.717) is 25.3 Å². The number of ether oxygens (including phenoxy) is 1. The standard InChI is InChI=1S/C13H17F3N2O/c1-9-8-18(4-5-19-9)12-3-2-10(7-17)6-11(12)13(14,15)16/h2-3,6,9H,4-5,7-8,17H2,1H3. The van der Waals surface area contributed by atoms with Gasteiger partial charge in [0.25, 0.3) is 0 Å². The number of rotatable bonds is 2. The molecule has 1 atom stereocenters. The van der Waals surface area contributed by atoms with Crippen LogP contribution in [-0.4, -0.2) is 25.8 Å². The van der Waals surface area contributed by atoms with Crippen molar-refractivity contribution in [3.8, 4) is 0 Å². The maximum Gasteiger partial charge on any atom is 0.418 e. The smallest absolute Gasteiger partial charge is 0.375 e. The summed E-state index contributed by atoms with van der Waals surface area (Å²) in [5.41, 5.74) is 5.48. The normalized spacial score (nSPS) is 20.7. The van der Waals surface area contributed by atoms with E-state index in [-0.39, 0.29) is 18.3 Å². The number of morpholine rings is 1. The van der Waals surface area contributed by atoms with Crippen molar-refractivity contribution in [2.24, 2.45) is 5.73 Å². The molecule has 1 aliphatic rings. The number of benzene rings is 1. The molecule has 2 rings (SSSR count). The molecule has 1 unspecified atom stereocenters. The van der Waals surface area contributed by atoms with Crippen LogP contribution in [0, 0.1) is 0 Å². The van der Waals surface area contributed by atoms with E-state index in [0.717, 1.165) is 6.07 Å². The van der Waals surface area contributed by atoms with E-state index in [4.69, 9.17) is 10.5 Å². The molecule has 1 aliphatic heterocycles. The Balaban J connectivity index is 2.38. The van der Waals surface area contributed by atoms with E-state index in [1.165, 1.54) is 6.07 Å². The van der Waals surface area contributed by atoms with E-state index >= 15 is 0 Å². The minimum Gasteiger partial charge on any atom is -0.375 e. The highest BCUT2D eigenvalue weighted by atomic mass is 19.4. The summed E-state index contributed by atoms with van der Waals surface area (Å²) < 4.78 is 44.7. The Morgan fingerprint density at radius 3 is 2.74 bits per heavy atom. The average molecular weight is 274 g/mol. The van der Waals surface area contributed by atoms with Crippen LogP contribution in [0.3, 0.4) is 0 Å². The summed E-state index contributed by atoms with van der Waals surface area (Å²) in [6.07, 6.45) is -4.44. The minimum atomic E-state index is -4.37. The van der Waals surface area contributed by atoms with Crippen molar-refractivity contribution >= 4 is 5.69 Å². The minimum absolute atomic E-state index is 0.0657. The molecule has 106 valence electrons. The van der Waals surface area contributed by atoms with Gasteiger partial charge >= 0.3 is 6.18 Å². The summed E-state index contributed by atoms with van der Waals surface area (Å²) >= 11 is 0. The fraction of sp³-hybridized carbons (Fsp3) is 0.538. The molecular formula is C13H17F3N2O. The molecule has 0 spiro atoms. The number of anilines is 1. The van der Waals surface area contributed by atoms with Crippen molar-refractivity contribution in [3.05, 3.63) is 29.3 Å². The lowest BCUT2D eigenvalue weighted by Gasteiger charge is -2.34.